The van der Waals surface area contributed by atoms with Crippen molar-refractivity contribution < 1.29 is 9.53 Å². The molecule has 2 heterocycles. The number of nitrogens with zero attached hydrogens (tertiary/aromatic N) is 2. The van der Waals surface area contributed by atoms with Crippen LogP contribution in [0.2, 0.25) is 0 Å². The van der Waals surface area contributed by atoms with E-state index >= 15 is 0 Å². The average molecular weight is 486 g/mol. The molecule has 0 aliphatic heterocycles. The molecule has 0 atom stereocenters. The lowest BCUT2D eigenvalue weighted by Gasteiger charge is -2.11. The first-order chi connectivity index (χ1) is 17.0. The summed E-state index contributed by atoms with van der Waals surface area (Å²) in [5.41, 5.74) is 16.2. The van der Waals surface area contributed by atoms with Crippen LogP contribution in [0.1, 0.15) is 27.2 Å². The number of fused-ring (bicyclic) bond motifs is 1. The predicted molar refractivity (Wildman–Crippen MR) is 144 cm³/mol. The van der Waals surface area contributed by atoms with Gasteiger partial charge in [-0.15, -0.1) is 0 Å². The minimum absolute atomic E-state index is 0.179. The molecule has 0 fully saturated rings. The van der Waals surface area contributed by atoms with Gasteiger partial charge in [0.05, 0.1) is 16.8 Å². The van der Waals surface area contributed by atoms with Crippen LogP contribution in [0.25, 0.3) is 22.2 Å². The number of carbonyl (C=O) groups excluding carboxylic acids is 1. The maximum absolute atomic E-state index is 11.8. The van der Waals surface area contributed by atoms with Gasteiger partial charge in [0.15, 0.2) is 0 Å². The molecule has 0 aliphatic carbocycles. The van der Waals surface area contributed by atoms with Gasteiger partial charge in [0, 0.05) is 35.3 Å². The minimum atomic E-state index is -0.507. The van der Waals surface area contributed by atoms with Crippen molar-refractivity contribution in [2.24, 2.45) is 11.5 Å². The number of para-hydroxylation sites is 1. The summed E-state index contributed by atoms with van der Waals surface area (Å²) >= 11 is 1.75. The van der Waals surface area contributed by atoms with Gasteiger partial charge in [-0.3, -0.25) is 9.78 Å². The Hall–Kier alpha value is -4.17. The Morgan fingerprint density at radius 1 is 1.00 bits per heavy atom. The lowest BCUT2D eigenvalue weighted by molar-refractivity contribution is 0.100. The number of nitrogens with one attached hydrogen (secondary N) is 1. The number of pyridine rings is 2. The van der Waals surface area contributed by atoms with E-state index in [2.05, 4.69) is 9.97 Å². The maximum atomic E-state index is 11.8. The molecule has 0 spiro atoms. The zero-order valence-electron chi connectivity index (χ0n) is 19.6. The highest BCUT2D eigenvalue weighted by atomic mass is 32.2. The number of allylic oxidation sites excluding steroid dienone is 1. The van der Waals surface area contributed by atoms with Gasteiger partial charge in [0.25, 0.3) is 0 Å². The number of benzene rings is 2. The Bertz CT molecular complexity index is 1340. The third-order valence-electron chi connectivity index (χ3n) is 5.01. The molecule has 0 saturated carbocycles. The van der Waals surface area contributed by atoms with Crippen molar-refractivity contribution in [2.45, 2.75) is 6.61 Å². The van der Waals surface area contributed by atoms with Crippen LogP contribution >= 0.6 is 11.8 Å². The summed E-state index contributed by atoms with van der Waals surface area (Å²) in [6.07, 6.45) is 8.64. The molecule has 8 heteroatoms. The van der Waals surface area contributed by atoms with E-state index in [-0.39, 0.29) is 6.61 Å². The van der Waals surface area contributed by atoms with Crippen molar-refractivity contribution in [3.8, 4) is 5.75 Å². The molecule has 35 heavy (non-hydrogen) atoms. The van der Waals surface area contributed by atoms with Gasteiger partial charge in [0.1, 0.15) is 12.4 Å². The van der Waals surface area contributed by atoms with Gasteiger partial charge in [-0.05, 0) is 72.2 Å². The zero-order valence-corrected chi connectivity index (χ0v) is 20.4. The highest BCUT2D eigenvalue weighted by molar-refractivity contribution is 7.97. The van der Waals surface area contributed by atoms with E-state index < -0.39 is 5.91 Å². The van der Waals surface area contributed by atoms with E-state index in [1.54, 1.807) is 42.4 Å². The number of hydrogen-bond donors (Lipinski definition) is 3. The molecule has 2 aromatic heterocycles. The first kappa shape index (κ1) is 25.5. The van der Waals surface area contributed by atoms with Gasteiger partial charge in [0.2, 0.25) is 5.91 Å². The molecule has 0 aliphatic rings. The number of thioether (sulfide) groups is 1. The van der Waals surface area contributed by atoms with Crippen LogP contribution in [0.3, 0.4) is 0 Å². The van der Waals surface area contributed by atoms with E-state index in [1.807, 2.05) is 61.0 Å². The van der Waals surface area contributed by atoms with Crippen LogP contribution in [0.4, 0.5) is 0 Å². The third-order valence-corrected chi connectivity index (χ3v) is 5.01. The topological polar surface area (TPSA) is 128 Å². The minimum Gasteiger partial charge on any atom is -0.487 e. The fraction of sp³-hybridized carbons (Fsp3) is 0.111. The molecule has 7 nitrogen and oxygen atoms in total. The molecule has 0 unspecified atom stereocenters. The lowest BCUT2D eigenvalue weighted by atomic mass is 10.0. The average Bonchev–Trinajstić information content (AvgIpc) is 2.88. The third kappa shape index (κ3) is 6.45. The first-order valence-electron chi connectivity index (χ1n) is 10.7. The molecule has 2 aromatic carbocycles. The van der Waals surface area contributed by atoms with Gasteiger partial charge < -0.3 is 21.6 Å². The smallest absolute Gasteiger partial charge is 0.249 e. The second-order valence-electron chi connectivity index (χ2n) is 7.47. The van der Waals surface area contributed by atoms with Gasteiger partial charge in [-0.25, -0.2) is 4.98 Å². The highest BCUT2D eigenvalue weighted by Gasteiger charge is 2.11. The number of primary amides is 1. The van der Waals surface area contributed by atoms with E-state index in [0.29, 0.717) is 39.2 Å². The quantitative estimate of drug-likeness (QED) is 0.324. The zero-order chi connectivity index (χ0) is 25.2. The number of ether oxygens (including phenoxy) is 1. The summed E-state index contributed by atoms with van der Waals surface area (Å²) in [7, 11) is 0. The van der Waals surface area contributed by atoms with Crippen LogP contribution in [-0.4, -0.2) is 34.6 Å². The number of nitrogens with two attached hydrogens (primary N) is 2. The van der Waals surface area contributed by atoms with Crippen LogP contribution in [0, 0.1) is 5.41 Å². The molecule has 4 rings (SSSR count). The van der Waals surface area contributed by atoms with Crippen molar-refractivity contribution >= 4 is 46.1 Å². The molecular formula is C27H27N5O2S. The van der Waals surface area contributed by atoms with Crippen molar-refractivity contribution in [3.05, 3.63) is 102 Å². The Kier molecular flexibility index (Phi) is 8.97. The standard InChI is InChI=1S/C25H21N5O2.C2H6S/c26-14-22(16-9-11-29-12-10-16)24(27)17-5-7-19(8-6-17)32-15-18-13-21(25(28)31)20-3-1-2-4-23(20)30-18;1-3-2/h1-14,26H,15,27H2,(H2,28,31);1-2H3/b24-22+,26-14?;. The second kappa shape index (κ2) is 12.3. The summed E-state index contributed by atoms with van der Waals surface area (Å²) in [5.74, 6) is 0.116. The van der Waals surface area contributed by atoms with Crippen LogP contribution < -0.4 is 16.2 Å². The number of rotatable bonds is 7. The predicted octanol–water partition coefficient (Wildman–Crippen LogP) is 4.76. The molecule has 178 valence electrons. The van der Waals surface area contributed by atoms with Gasteiger partial charge in [-0.1, -0.05) is 18.2 Å². The van der Waals surface area contributed by atoms with Gasteiger partial charge >= 0.3 is 0 Å². The lowest BCUT2D eigenvalue weighted by Crippen LogP contribution is -2.13. The number of aromatic nitrogens is 2. The summed E-state index contributed by atoms with van der Waals surface area (Å²) < 4.78 is 5.86. The van der Waals surface area contributed by atoms with Crippen molar-refractivity contribution in [1.29, 1.82) is 5.41 Å². The highest BCUT2D eigenvalue weighted by Crippen LogP contribution is 2.24. The molecule has 4 aromatic rings. The van der Waals surface area contributed by atoms with E-state index in [1.165, 1.54) is 6.21 Å². The Balaban J connectivity index is 0.00000108. The number of amides is 1. The van der Waals surface area contributed by atoms with Crippen molar-refractivity contribution in [1.82, 2.24) is 9.97 Å². The van der Waals surface area contributed by atoms with E-state index in [0.717, 1.165) is 11.1 Å². The second-order valence-corrected chi connectivity index (χ2v) is 8.29. The van der Waals surface area contributed by atoms with Crippen LogP contribution in [0.5, 0.6) is 5.75 Å². The molecule has 0 saturated heterocycles. The molecule has 1 amide bonds. The summed E-state index contributed by atoms with van der Waals surface area (Å²) in [5, 5.41) is 8.45. The maximum Gasteiger partial charge on any atom is 0.249 e. The SMILES string of the molecule is CSC.N=C/C(=C(\N)c1ccc(OCc2cc(C(N)=O)c3ccccc3n2)cc1)c1ccncc1. The monoisotopic (exact) mass is 485 g/mol. The van der Waals surface area contributed by atoms with Crippen LogP contribution in [-0.2, 0) is 6.61 Å². The Morgan fingerprint density at radius 3 is 2.29 bits per heavy atom. The fourth-order valence-corrected chi connectivity index (χ4v) is 3.40. The molecule has 0 radical (unpaired) electrons. The van der Waals surface area contributed by atoms with E-state index in [4.69, 9.17) is 21.6 Å². The van der Waals surface area contributed by atoms with Crippen molar-refractivity contribution in [2.75, 3.05) is 12.5 Å². The molecular weight excluding hydrogens is 458 g/mol. The summed E-state index contributed by atoms with van der Waals surface area (Å²) in [4.78, 5) is 20.4. The Morgan fingerprint density at radius 2 is 1.66 bits per heavy atom. The first-order valence-corrected chi connectivity index (χ1v) is 12.3. The van der Waals surface area contributed by atoms with E-state index in [9.17, 15) is 4.79 Å². The molecule has 0 bridgehead atoms. The fourth-order valence-electron chi connectivity index (χ4n) is 3.40. The number of carbonyl (C=O) groups is 1. The van der Waals surface area contributed by atoms with Gasteiger partial charge in [-0.2, -0.15) is 11.8 Å². The normalized spacial score (nSPS) is 11.1. The van der Waals surface area contributed by atoms with Crippen molar-refractivity contribution in [3.63, 3.8) is 0 Å². The number of hydrogen-bond acceptors (Lipinski definition) is 7. The van der Waals surface area contributed by atoms with Crippen LogP contribution in [0.15, 0.2) is 79.1 Å². The summed E-state index contributed by atoms with van der Waals surface area (Å²) in [6, 6.07) is 19.9. The summed E-state index contributed by atoms with van der Waals surface area (Å²) in [6.45, 7) is 0.179. The molecule has 5 N–H and O–H groups in total. The Labute approximate surface area is 208 Å². The largest absolute Gasteiger partial charge is 0.487 e.